The summed E-state index contributed by atoms with van der Waals surface area (Å²) in [5, 5.41) is 11.2. The number of benzene rings is 2. The van der Waals surface area contributed by atoms with Crippen LogP contribution in [0.25, 0.3) is 22.1 Å². The van der Waals surface area contributed by atoms with Gasteiger partial charge in [0.25, 0.3) is 0 Å². The zero-order chi connectivity index (χ0) is 20.8. The van der Waals surface area contributed by atoms with Crippen molar-refractivity contribution in [3.05, 3.63) is 87.5 Å². The van der Waals surface area contributed by atoms with E-state index in [9.17, 15) is 14.7 Å². The molecule has 1 aliphatic rings. The van der Waals surface area contributed by atoms with Gasteiger partial charge in [0, 0.05) is 35.0 Å². The zero-order valence-electron chi connectivity index (χ0n) is 15.5. The first kappa shape index (κ1) is 18.4. The standard InChI is InChI=1S/C23H14ClNO5/c24-14-5-3-12(4-6-14)16-11-29-23-20-15(13-2-1-7-25-10-13)8-19(27)30-18(20)9-17(26)21(23)22(16)28/h1-7,9-11,15,26H,8H2. The van der Waals surface area contributed by atoms with Crippen molar-refractivity contribution < 1.29 is 19.1 Å². The summed E-state index contributed by atoms with van der Waals surface area (Å²) in [6.45, 7) is 0. The molecule has 0 aliphatic carbocycles. The molecule has 1 N–H and O–H groups in total. The van der Waals surface area contributed by atoms with Crippen molar-refractivity contribution in [2.24, 2.45) is 0 Å². The van der Waals surface area contributed by atoms with E-state index in [0.717, 1.165) is 5.56 Å². The number of nitrogens with zero attached hydrogens (tertiary/aromatic N) is 1. The van der Waals surface area contributed by atoms with Gasteiger partial charge in [0.1, 0.15) is 28.7 Å². The molecule has 0 saturated carbocycles. The van der Waals surface area contributed by atoms with Crippen LogP contribution in [0.5, 0.6) is 11.5 Å². The van der Waals surface area contributed by atoms with E-state index < -0.39 is 11.9 Å². The minimum Gasteiger partial charge on any atom is -0.507 e. The van der Waals surface area contributed by atoms with Crippen LogP contribution in [0.4, 0.5) is 0 Å². The highest BCUT2D eigenvalue weighted by atomic mass is 35.5. The molecule has 3 heterocycles. The number of carbonyl (C=O) groups is 1. The fourth-order valence-corrected chi connectivity index (χ4v) is 3.95. The van der Waals surface area contributed by atoms with Gasteiger partial charge in [-0.15, -0.1) is 0 Å². The van der Waals surface area contributed by atoms with Gasteiger partial charge in [-0.2, -0.15) is 0 Å². The number of esters is 1. The Bertz CT molecular complexity index is 1350. The maximum absolute atomic E-state index is 13.3. The number of fused-ring (bicyclic) bond motifs is 3. The largest absolute Gasteiger partial charge is 0.507 e. The molecule has 5 rings (SSSR count). The molecule has 1 aliphatic heterocycles. The topological polar surface area (TPSA) is 89.6 Å². The highest BCUT2D eigenvalue weighted by Crippen LogP contribution is 2.45. The predicted molar refractivity (Wildman–Crippen MR) is 111 cm³/mol. The maximum atomic E-state index is 13.3. The molecule has 1 unspecified atom stereocenters. The second kappa shape index (κ2) is 7.00. The van der Waals surface area contributed by atoms with Crippen LogP contribution >= 0.6 is 11.6 Å². The molecule has 2 aromatic heterocycles. The lowest BCUT2D eigenvalue weighted by atomic mass is 9.85. The molecule has 0 amide bonds. The first-order valence-corrected chi connectivity index (χ1v) is 9.58. The van der Waals surface area contributed by atoms with Crippen molar-refractivity contribution >= 4 is 28.5 Å². The van der Waals surface area contributed by atoms with Gasteiger partial charge in [-0.1, -0.05) is 29.8 Å². The lowest BCUT2D eigenvalue weighted by Crippen LogP contribution is -2.22. The van der Waals surface area contributed by atoms with Gasteiger partial charge in [0.2, 0.25) is 5.43 Å². The Labute approximate surface area is 175 Å². The Morgan fingerprint density at radius 1 is 1.13 bits per heavy atom. The molecule has 6 nitrogen and oxygen atoms in total. The first-order valence-electron chi connectivity index (χ1n) is 9.21. The molecular weight excluding hydrogens is 406 g/mol. The van der Waals surface area contributed by atoms with Crippen molar-refractivity contribution in [3.63, 3.8) is 0 Å². The van der Waals surface area contributed by atoms with E-state index in [1.54, 1.807) is 42.7 Å². The molecule has 0 saturated heterocycles. The lowest BCUT2D eigenvalue weighted by molar-refractivity contribution is -0.135. The minimum atomic E-state index is -0.435. The van der Waals surface area contributed by atoms with E-state index in [0.29, 0.717) is 21.7 Å². The van der Waals surface area contributed by atoms with Crippen molar-refractivity contribution in [2.45, 2.75) is 12.3 Å². The Morgan fingerprint density at radius 2 is 1.93 bits per heavy atom. The fraction of sp³-hybridized carbons (Fsp3) is 0.0870. The zero-order valence-corrected chi connectivity index (χ0v) is 16.2. The fourth-order valence-electron chi connectivity index (χ4n) is 3.83. The summed E-state index contributed by atoms with van der Waals surface area (Å²) in [5.41, 5.74) is 2.03. The number of rotatable bonds is 2. The van der Waals surface area contributed by atoms with Crippen molar-refractivity contribution in [1.82, 2.24) is 4.98 Å². The normalized spacial score (nSPS) is 15.6. The number of phenols is 1. The first-order chi connectivity index (χ1) is 14.5. The number of aromatic hydroxyl groups is 1. The van der Waals surface area contributed by atoms with Crippen LogP contribution in [0.1, 0.15) is 23.5 Å². The van der Waals surface area contributed by atoms with Gasteiger partial charge in [0.05, 0.1) is 12.0 Å². The second-order valence-electron chi connectivity index (χ2n) is 7.01. The molecular formula is C23H14ClNO5. The third-order valence-electron chi connectivity index (χ3n) is 5.21. The van der Waals surface area contributed by atoms with Crippen LogP contribution in [-0.4, -0.2) is 16.1 Å². The number of pyridine rings is 1. The highest BCUT2D eigenvalue weighted by Gasteiger charge is 2.33. The molecule has 0 bridgehead atoms. The van der Waals surface area contributed by atoms with Crippen LogP contribution < -0.4 is 10.2 Å². The number of ether oxygens (including phenoxy) is 1. The number of halogens is 1. The SMILES string of the molecule is O=C1CC(c2cccnc2)c2c(cc(O)c3c(=O)c(-c4ccc(Cl)cc4)coc23)O1. The molecule has 0 fully saturated rings. The van der Waals surface area contributed by atoms with Crippen LogP contribution in [0.15, 0.2) is 70.3 Å². The van der Waals surface area contributed by atoms with Gasteiger partial charge in [-0.3, -0.25) is 14.6 Å². The Morgan fingerprint density at radius 3 is 2.67 bits per heavy atom. The molecule has 4 aromatic rings. The summed E-state index contributed by atoms with van der Waals surface area (Å²) >= 11 is 5.94. The van der Waals surface area contributed by atoms with Gasteiger partial charge in [-0.05, 0) is 29.3 Å². The summed E-state index contributed by atoms with van der Waals surface area (Å²) in [6, 6.07) is 11.7. The molecule has 30 heavy (non-hydrogen) atoms. The third kappa shape index (κ3) is 2.93. The molecule has 2 aromatic carbocycles. The summed E-state index contributed by atoms with van der Waals surface area (Å²) in [6.07, 6.45) is 4.72. The lowest BCUT2D eigenvalue weighted by Gasteiger charge is -2.25. The van der Waals surface area contributed by atoms with Gasteiger partial charge in [-0.25, -0.2) is 0 Å². The number of aromatic nitrogens is 1. The molecule has 0 spiro atoms. The number of phenolic OH excluding ortho intramolecular Hbond substituents is 1. The quantitative estimate of drug-likeness (QED) is 0.375. The Hall–Kier alpha value is -3.64. The minimum absolute atomic E-state index is 0.0352. The van der Waals surface area contributed by atoms with Crippen LogP contribution in [0.3, 0.4) is 0 Å². The van der Waals surface area contributed by atoms with E-state index in [4.69, 9.17) is 20.8 Å². The van der Waals surface area contributed by atoms with Crippen molar-refractivity contribution in [3.8, 4) is 22.6 Å². The summed E-state index contributed by atoms with van der Waals surface area (Å²) in [7, 11) is 0. The third-order valence-corrected chi connectivity index (χ3v) is 5.46. The van der Waals surface area contributed by atoms with Gasteiger partial charge >= 0.3 is 5.97 Å². The number of carbonyl (C=O) groups excluding carboxylic acids is 1. The summed E-state index contributed by atoms with van der Waals surface area (Å²) in [5.74, 6) is -0.988. The average molecular weight is 420 g/mol. The predicted octanol–water partition coefficient (Wildman–Crippen LogP) is 4.66. The Balaban J connectivity index is 1.79. The van der Waals surface area contributed by atoms with Crippen LogP contribution in [0.2, 0.25) is 5.02 Å². The van der Waals surface area contributed by atoms with Gasteiger partial charge in [0.15, 0.2) is 0 Å². The second-order valence-corrected chi connectivity index (χ2v) is 7.45. The summed E-state index contributed by atoms with van der Waals surface area (Å²) in [4.78, 5) is 29.5. The molecule has 7 heteroatoms. The maximum Gasteiger partial charge on any atom is 0.312 e. The van der Waals surface area contributed by atoms with Crippen molar-refractivity contribution in [1.29, 1.82) is 0 Å². The monoisotopic (exact) mass is 419 g/mol. The summed E-state index contributed by atoms with van der Waals surface area (Å²) < 4.78 is 11.2. The number of hydrogen-bond acceptors (Lipinski definition) is 6. The molecule has 1 atom stereocenters. The van der Waals surface area contributed by atoms with Crippen molar-refractivity contribution in [2.75, 3.05) is 0 Å². The van der Waals surface area contributed by atoms with E-state index in [-0.39, 0.29) is 34.3 Å². The average Bonchev–Trinajstić information content (AvgIpc) is 2.74. The smallest absolute Gasteiger partial charge is 0.312 e. The molecule has 0 radical (unpaired) electrons. The van der Waals surface area contributed by atoms with Crippen LogP contribution in [-0.2, 0) is 4.79 Å². The van der Waals surface area contributed by atoms with Crippen LogP contribution in [0, 0.1) is 0 Å². The molecule has 148 valence electrons. The van der Waals surface area contributed by atoms with E-state index in [1.807, 2.05) is 6.07 Å². The Kier molecular flexibility index (Phi) is 4.29. The van der Waals surface area contributed by atoms with E-state index in [1.165, 1.54) is 12.3 Å². The van der Waals surface area contributed by atoms with E-state index in [2.05, 4.69) is 4.98 Å². The van der Waals surface area contributed by atoms with E-state index >= 15 is 0 Å². The van der Waals surface area contributed by atoms with Gasteiger partial charge < -0.3 is 14.3 Å². The highest BCUT2D eigenvalue weighted by molar-refractivity contribution is 6.30. The number of hydrogen-bond donors (Lipinski definition) is 1.